The molecule has 3 nitrogen and oxygen atoms in total. The maximum absolute atomic E-state index is 12.4. The lowest BCUT2D eigenvalue weighted by Gasteiger charge is -2.12. The van der Waals surface area contributed by atoms with E-state index in [4.69, 9.17) is 16.7 Å². The van der Waals surface area contributed by atoms with Crippen LogP contribution in [0.25, 0.3) is 0 Å². The summed E-state index contributed by atoms with van der Waals surface area (Å²) >= 11 is 5.11. The molecule has 0 aliphatic heterocycles. The van der Waals surface area contributed by atoms with Gasteiger partial charge in [0.25, 0.3) is 6.43 Å². The Kier molecular flexibility index (Phi) is 3.56. The molecule has 0 aromatic carbocycles. The minimum atomic E-state index is -5.03. The number of alkyl halides is 5. The topological polar surface area (TPSA) is 50.2 Å². The second-order valence-electron chi connectivity index (χ2n) is 2.86. The minimum absolute atomic E-state index is 0.108. The van der Waals surface area contributed by atoms with Crippen LogP contribution in [0.1, 0.15) is 28.2 Å². The third kappa shape index (κ3) is 2.82. The summed E-state index contributed by atoms with van der Waals surface area (Å²) in [6.07, 6.45) is -8.43. The summed E-state index contributed by atoms with van der Waals surface area (Å²) in [5, 5.41) is 7.16. The molecule has 0 bridgehead atoms. The van der Waals surface area contributed by atoms with Crippen LogP contribution in [-0.2, 0) is 6.18 Å². The van der Waals surface area contributed by atoms with Gasteiger partial charge in [0.05, 0.1) is 10.6 Å². The fourth-order valence-electron chi connectivity index (χ4n) is 1.01. The second kappa shape index (κ2) is 4.44. The van der Waals surface area contributed by atoms with Crippen LogP contribution in [0.3, 0.4) is 0 Å². The highest BCUT2D eigenvalue weighted by Crippen LogP contribution is 2.38. The number of nitrogens with zero attached hydrogens (tertiary/aromatic N) is 1. The van der Waals surface area contributed by atoms with Crippen LogP contribution in [0.5, 0.6) is 0 Å². The molecule has 0 aliphatic carbocycles. The molecule has 0 radical (unpaired) electrons. The number of aromatic nitrogens is 1. The van der Waals surface area contributed by atoms with Gasteiger partial charge in [-0.15, -0.1) is 0 Å². The first-order chi connectivity index (χ1) is 7.64. The van der Waals surface area contributed by atoms with Gasteiger partial charge in [0.2, 0.25) is 0 Å². The molecule has 0 atom stereocenters. The van der Waals surface area contributed by atoms with Crippen molar-refractivity contribution >= 4 is 17.6 Å². The normalized spacial score (nSPS) is 11.9. The van der Waals surface area contributed by atoms with E-state index in [9.17, 15) is 26.7 Å². The van der Waals surface area contributed by atoms with Crippen molar-refractivity contribution in [3.05, 3.63) is 28.0 Å². The minimum Gasteiger partial charge on any atom is -0.477 e. The van der Waals surface area contributed by atoms with Crippen LogP contribution in [0.4, 0.5) is 22.0 Å². The molecule has 9 heteroatoms. The molecule has 94 valence electrons. The first kappa shape index (κ1) is 13.6. The number of carbonyl (C=O) groups is 1. The molecule has 0 fully saturated rings. The zero-order chi connectivity index (χ0) is 13.4. The average molecular weight is 276 g/mol. The fraction of sp³-hybridized carbons (Fsp3) is 0.250. The quantitative estimate of drug-likeness (QED) is 0.842. The zero-order valence-electron chi connectivity index (χ0n) is 7.73. The number of aromatic carboxylic acids is 1. The third-order valence-electron chi connectivity index (χ3n) is 1.71. The monoisotopic (exact) mass is 275 g/mol. The van der Waals surface area contributed by atoms with Gasteiger partial charge in [-0.1, -0.05) is 11.6 Å². The molecule has 0 saturated carbocycles. The Bertz CT molecular complexity index is 460. The molecule has 0 saturated heterocycles. The number of rotatable bonds is 2. The highest BCUT2D eigenvalue weighted by molar-refractivity contribution is 6.32. The van der Waals surface area contributed by atoms with Crippen LogP contribution in [0, 0.1) is 0 Å². The van der Waals surface area contributed by atoms with Gasteiger partial charge in [0.15, 0.2) is 0 Å². The molecule has 1 rings (SSSR count). The summed E-state index contributed by atoms with van der Waals surface area (Å²) in [5.41, 5.74) is -4.20. The second-order valence-corrected chi connectivity index (χ2v) is 3.24. The van der Waals surface area contributed by atoms with Gasteiger partial charge in [0, 0.05) is 0 Å². The van der Waals surface area contributed by atoms with Crippen LogP contribution in [0.15, 0.2) is 6.07 Å². The zero-order valence-corrected chi connectivity index (χ0v) is 8.48. The van der Waals surface area contributed by atoms with Crippen molar-refractivity contribution in [2.45, 2.75) is 12.6 Å². The molecule has 17 heavy (non-hydrogen) atoms. The predicted octanol–water partition coefficient (Wildman–Crippen LogP) is 3.39. The molecule has 0 unspecified atom stereocenters. The van der Waals surface area contributed by atoms with Crippen molar-refractivity contribution < 1.29 is 31.9 Å². The molecule has 0 spiro atoms. The fourth-order valence-corrected chi connectivity index (χ4v) is 1.30. The summed E-state index contributed by atoms with van der Waals surface area (Å²) < 4.78 is 61.8. The van der Waals surface area contributed by atoms with E-state index in [0.29, 0.717) is 0 Å². The van der Waals surface area contributed by atoms with Gasteiger partial charge in [-0.3, -0.25) is 0 Å². The van der Waals surface area contributed by atoms with E-state index in [1.807, 2.05) is 0 Å². The van der Waals surface area contributed by atoms with E-state index >= 15 is 0 Å². The molecule has 0 amide bonds. The highest BCUT2D eigenvalue weighted by atomic mass is 35.5. The Balaban J connectivity index is 3.55. The van der Waals surface area contributed by atoms with Crippen molar-refractivity contribution in [3.8, 4) is 0 Å². The highest BCUT2D eigenvalue weighted by Gasteiger charge is 2.37. The Labute approximate surface area is 95.8 Å². The summed E-state index contributed by atoms with van der Waals surface area (Å²) in [4.78, 5) is 13.3. The number of hydrogen-bond donors (Lipinski definition) is 1. The SMILES string of the molecule is O=C(O)c1cc(C(F)(F)F)c(Cl)c(C(F)F)n1. The molecule has 1 aromatic rings. The number of carboxylic acids is 1. The van der Waals surface area contributed by atoms with Crippen molar-refractivity contribution in [3.63, 3.8) is 0 Å². The number of halogens is 6. The first-order valence-corrected chi connectivity index (χ1v) is 4.31. The maximum Gasteiger partial charge on any atom is 0.417 e. The number of carboxylic acid groups (broad SMARTS) is 1. The lowest BCUT2D eigenvalue weighted by atomic mass is 10.1. The Morgan fingerprint density at radius 2 is 1.94 bits per heavy atom. The van der Waals surface area contributed by atoms with Crippen molar-refractivity contribution in [1.29, 1.82) is 0 Å². The van der Waals surface area contributed by atoms with Crippen LogP contribution < -0.4 is 0 Å². The molecular weight excluding hydrogens is 273 g/mol. The van der Waals surface area contributed by atoms with Gasteiger partial charge < -0.3 is 5.11 Å². The molecule has 1 heterocycles. The maximum atomic E-state index is 12.4. The van der Waals surface area contributed by atoms with Gasteiger partial charge in [-0.25, -0.2) is 18.6 Å². The first-order valence-electron chi connectivity index (χ1n) is 3.93. The lowest BCUT2D eigenvalue weighted by molar-refractivity contribution is -0.137. The van der Waals surface area contributed by atoms with Crippen molar-refractivity contribution in [2.75, 3.05) is 0 Å². The van der Waals surface area contributed by atoms with E-state index < -0.39 is 40.5 Å². The summed E-state index contributed by atoms with van der Waals surface area (Å²) in [6, 6.07) is 0.108. The van der Waals surface area contributed by atoms with Crippen molar-refractivity contribution in [2.24, 2.45) is 0 Å². The smallest absolute Gasteiger partial charge is 0.417 e. The van der Waals surface area contributed by atoms with Gasteiger partial charge >= 0.3 is 12.1 Å². The van der Waals surface area contributed by atoms with E-state index in [2.05, 4.69) is 4.98 Å². The van der Waals surface area contributed by atoms with E-state index in [1.54, 1.807) is 0 Å². The van der Waals surface area contributed by atoms with Gasteiger partial charge in [-0.2, -0.15) is 13.2 Å². The summed E-state index contributed by atoms with van der Waals surface area (Å²) in [6.45, 7) is 0. The van der Waals surface area contributed by atoms with Crippen LogP contribution >= 0.6 is 11.6 Å². The molecular formula is C8H3ClF5NO2. The van der Waals surface area contributed by atoms with Crippen LogP contribution in [-0.4, -0.2) is 16.1 Å². The largest absolute Gasteiger partial charge is 0.477 e. The van der Waals surface area contributed by atoms with Crippen molar-refractivity contribution in [1.82, 2.24) is 4.98 Å². The van der Waals surface area contributed by atoms with E-state index in [1.165, 1.54) is 0 Å². The Hall–Kier alpha value is -1.44. The standard InChI is InChI=1S/C8H3ClF5NO2/c9-4-2(8(12,13)14)1-3(7(16)17)15-5(4)6(10)11/h1,6H,(H,16,17). The van der Waals surface area contributed by atoms with Gasteiger partial charge in [-0.05, 0) is 6.07 Å². The third-order valence-corrected chi connectivity index (χ3v) is 2.11. The lowest BCUT2D eigenvalue weighted by Crippen LogP contribution is -2.13. The summed E-state index contributed by atoms with van der Waals surface area (Å²) in [7, 11) is 0. The molecule has 1 N–H and O–H groups in total. The van der Waals surface area contributed by atoms with E-state index in [0.717, 1.165) is 0 Å². The Morgan fingerprint density at radius 1 is 1.41 bits per heavy atom. The Morgan fingerprint density at radius 3 is 2.29 bits per heavy atom. The predicted molar refractivity (Wildman–Crippen MR) is 46.2 cm³/mol. The van der Waals surface area contributed by atoms with Crippen LogP contribution in [0.2, 0.25) is 5.02 Å². The summed E-state index contributed by atoms with van der Waals surface area (Å²) in [5.74, 6) is -1.85. The number of hydrogen-bond acceptors (Lipinski definition) is 2. The number of pyridine rings is 1. The molecule has 0 aliphatic rings. The average Bonchev–Trinajstić information content (AvgIpc) is 2.15. The molecule has 1 aromatic heterocycles. The van der Waals surface area contributed by atoms with E-state index in [-0.39, 0.29) is 6.07 Å². The van der Waals surface area contributed by atoms with Gasteiger partial charge in [0.1, 0.15) is 11.4 Å².